The Morgan fingerprint density at radius 1 is 1.27 bits per heavy atom. The van der Waals surface area contributed by atoms with Gasteiger partial charge in [-0.1, -0.05) is 6.07 Å². The molecule has 1 N–H and O–H groups in total. The maximum absolute atomic E-state index is 13.0. The highest BCUT2D eigenvalue weighted by Gasteiger charge is 2.38. The van der Waals surface area contributed by atoms with E-state index in [4.69, 9.17) is 4.74 Å². The van der Waals surface area contributed by atoms with E-state index in [0.29, 0.717) is 22.6 Å². The van der Waals surface area contributed by atoms with Gasteiger partial charge in [-0.3, -0.25) is 4.74 Å². The number of thioether (sulfide) groups is 1. The van der Waals surface area contributed by atoms with E-state index in [2.05, 4.69) is 9.84 Å². The summed E-state index contributed by atoms with van der Waals surface area (Å²) in [5, 5.41) is 13.6. The quantitative estimate of drug-likeness (QED) is 0.470. The highest BCUT2D eigenvalue weighted by molar-refractivity contribution is 8.00. The van der Waals surface area contributed by atoms with Gasteiger partial charge < -0.3 is 9.94 Å². The lowest BCUT2D eigenvalue weighted by molar-refractivity contribution is -0.330. The molecule has 1 aromatic heterocycles. The van der Waals surface area contributed by atoms with Crippen LogP contribution in [0.4, 0.5) is 26.3 Å². The van der Waals surface area contributed by atoms with Crippen LogP contribution in [-0.2, 0) is 22.3 Å². The number of hydrogen-bond acceptors (Lipinski definition) is 5. The van der Waals surface area contributed by atoms with Crippen molar-refractivity contribution < 1.29 is 41.0 Å². The topological polar surface area (TPSA) is 56.5 Å². The van der Waals surface area contributed by atoms with Crippen LogP contribution in [0.5, 0.6) is 0 Å². The van der Waals surface area contributed by atoms with Crippen LogP contribution in [0.2, 0.25) is 0 Å². The van der Waals surface area contributed by atoms with Crippen molar-refractivity contribution in [3.05, 3.63) is 47.3 Å². The molecule has 1 saturated heterocycles. The molecule has 12 heteroatoms. The lowest BCUT2D eigenvalue weighted by atomic mass is 9.95. The van der Waals surface area contributed by atoms with Crippen molar-refractivity contribution in [2.75, 3.05) is 6.61 Å². The number of alkyl halides is 6. The fourth-order valence-corrected chi connectivity index (χ4v) is 4.48. The maximum atomic E-state index is 13.0. The van der Waals surface area contributed by atoms with Gasteiger partial charge in [-0.2, -0.15) is 13.2 Å². The second-order valence-electron chi connectivity index (χ2n) is 7.08. The Kier molecular flexibility index (Phi) is 6.30. The van der Waals surface area contributed by atoms with E-state index >= 15 is 0 Å². The highest BCUT2D eigenvalue weighted by Crippen LogP contribution is 2.46. The molecule has 1 aromatic carbocycles. The zero-order chi connectivity index (χ0) is 22.2. The Bertz CT molecular complexity index is 886. The molecule has 1 aliphatic rings. The van der Waals surface area contributed by atoms with E-state index in [1.807, 2.05) is 6.92 Å². The minimum atomic E-state index is -4.83. The lowest BCUT2D eigenvalue weighted by Crippen LogP contribution is -2.32. The molecule has 166 valence electrons. The van der Waals surface area contributed by atoms with E-state index in [1.54, 1.807) is 6.07 Å². The van der Waals surface area contributed by atoms with E-state index in [1.165, 1.54) is 23.9 Å². The molecule has 5 nitrogen and oxygen atoms in total. The predicted octanol–water partition coefficient (Wildman–Crippen LogP) is 5.58. The standard InChI is InChI=1S/C18H18F6N2O3S/c1-16(30-13-4-2-3-11(7-13)17(19,20)21)5-6-28-15(9-16)14-8-12(25-26(14)27)10-29-18(22,23)24/h2-4,7-8,15,27H,5-6,9-10H2,1H3. The molecular weight excluding hydrogens is 438 g/mol. The SMILES string of the molecule is CC1(Sc2cccc(C(F)(F)F)c2)CCOC(c2cc(COC(F)(F)F)nn2O)C1. The van der Waals surface area contributed by atoms with Crippen molar-refractivity contribution >= 4 is 11.8 Å². The van der Waals surface area contributed by atoms with E-state index in [0.717, 1.165) is 12.1 Å². The number of nitrogens with zero attached hydrogens (tertiary/aromatic N) is 2. The van der Waals surface area contributed by atoms with E-state index in [-0.39, 0.29) is 18.0 Å². The third kappa shape index (κ3) is 5.82. The number of ether oxygens (including phenoxy) is 2. The predicted molar refractivity (Wildman–Crippen MR) is 93.9 cm³/mol. The molecule has 0 spiro atoms. The van der Waals surface area contributed by atoms with Crippen LogP contribution in [0.1, 0.15) is 42.8 Å². The monoisotopic (exact) mass is 456 g/mol. The Morgan fingerprint density at radius 2 is 2.00 bits per heavy atom. The maximum Gasteiger partial charge on any atom is 0.522 e. The molecule has 0 saturated carbocycles. The van der Waals surface area contributed by atoms with Crippen molar-refractivity contribution in [3.63, 3.8) is 0 Å². The fourth-order valence-electron chi connectivity index (χ4n) is 3.16. The first-order valence-electron chi connectivity index (χ1n) is 8.81. The molecule has 0 aliphatic carbocycles. The van der Waals surface area contributed by atoms with Gasteiger partial charge in [0.25, 0.3) is 0 Å². The van der Waals surface area contributed by atoms with Crippen LogP contribution in [0.15, 0.2) is 35.2 Å². The molecule has 0 radical (unpaired) electrons. The first-order valence-corrected chi connectivity index (χ1v) is 9.63. The fraction of sp³-hybridized carbons (Fsp3) is 0.500. The third-order valence-corrected chi connectivity index (χ3v) is 5.93. The summed E-state index contributed by atoms with van der Waals surface area (Å²) in [5.41, 5.74) is -0.736. The lowest BCUT2D eigenvalue weighted by Gasteiger charge is -2.37. The summed E-state index contributed by atoms with van der Waals surface area (Å²) in [6, 6.07) is 6.23. The average Bonchev–Trinajstić information content (AvgIpc) is 2.99. The third-order valence-electron chi connectivity index (χ3n) is 4.57. The Balaban J connectivity index is 1.73. The molecule has 2 aromatic rings. The van der Waals surface area contributed by atoms with Gasteiger partial charge in [0.1, 0.15) is 18.4 Å². The molecule has 2 atom stereocenters. The van der Waals surface area contributed by atoms with Crippen LogP contribution in [-0.4, -0.2) is 32.9 Å². The van der Waals surface area contributed by atoms with Crippen LogP contribution >= 0.6 is 11.8 Å². The minimum Gasteiger partial charge on any atom is -0.411 e. The van der Waals surface area contributed by atoms with Gasteiger partial charge in [-0.15, -0.1) is 34.9 Å². The van der Waals surface area contributed by atoms with Gasteiger partial charge in [0.05, 0.1) is 11.3 Å². The first-order chi connectivity index (χ1) is 13.8. The summed E-state index contributed by atoms with van der Waals surface area (Å²) in [6.07, 6.45) is -9.14. The number of aromatic nitrogens is 2. The summed E-state index contributed by atoms with van der Waals surface area (Å²) in [7, 11) is 0. The summed E-state index contributed by atoms with van der Waals surface area (Å²) in [6.45, 7) is 1.25. The largest absolute Gasteiger partial charge is 0.522 e. The normalized spacial score (nSPS) is 23.0. The van der Waals surface area contributed by atoms with E-state index < -0.39 is 35.6 Å². The number of benzene rings is 1. The van der Waals surface area contributed by atoms with Crippen molar-refractivity contribution in [3.8, 4) is 0 Å². The Morgan fingerprint density at radius 3 is 2.67 bits per heavy atom. The summed E-state index contributed by atoms with van der Waals surface area (Å²) < 4.78 is 84.3. The van der Waals surface area contributed by atoms with Crippen LogP contribution in [0, 0.1) is 0 Å². The van der Waals surface area contributed by atoms with Crippen molar-refractivity contribution in [2.45, 2.75) is 54.7 Å². The molecular formula is C18H18F6N2O3S. The number of rotatable bonds is 5. The molecule has 0 amide bonds. The van der Waals surface area contributed by atoms with Crippen LogP contribution < -0.4 is 0 Å². The Hall–Kier alpha value is -1.92. The van der Waals surface area contributed by atoms with Gasteiger partial charge >= 0.3 is 12.5 Å². The number of halogens is 6. The van der Waals surface area contributed by atoms with Gasteiger partial charge in [0, 0.05) is 16.2 Å². The molecule has 2 unspecified atom stereocenters. The second kappa shape index (κ2) is 8.31. The van der Waals surface area contributed by atoms with Gasteiger partial charge in [0.2, 0.25) is 0 Å². The zero-order valence-electron chi connectivity index (χ0n) is 15.6. The summed E-state index contributed by atoms with van der Waals surface area (Å²) in [5.74, 6) is 0. The van der Waals surface area contributed by atoms with Crippen molar-refractivity contribution in [1.29, 1.82) is 0 Å². The van der Waals surface area contributed by atoms with Gasteiger partial charge in [-0.25, -0.2) is 0 Å². The van der Waals surface area contributed by atoms with Crippen LogP contribution in [0.25, 0.3) is 0 Å². The Labute approximate surface area is 171 Å². The zero-order valence-corrected chi connectivity index (χ0v) is 16.4. The second-order valence-corrected chi connectivity index (χ2v) is 8.74. The molecule has 1 fully saturated rings. The first kappa shape index (κ1) is 22.8. The summed E-state index contributed by atoms with van der Waals surface area (Å²) >= 11 is 1.26. The van der Waals surface area contributed by atoms with Gasteiger partial charge in [-0.05, 0) is 44.0 Å². The van der Waals surface area contributed by atoms with Crippen LogP contribution in [0.3, 0.4) is 0 Å². The molecule has 30 heavy (non-hydrogen) atoms. The minimum absolute atomic E-state index is 0.133. The molecule has 1 aliphatic heterocycles. The molecule has 0 bridgehead atoms. The van der Waals surface area contributed by atoms with Gasteiger partial charge in [0.15, 0.2) is 0 Å². The van der Waals surface area contributed by atoms with Crippen molar-refractivity contribution in [1.82, 2.24) is 9.94 Å². The number of hydrogen-bond donors (Lipinski definition) is 1. The van der Waals surface area contributed by atoms with E-state index in [9.17, 15) is 31.5 Å². The van der Waals surface area contributed by atoms with Crippen molar-refractivity contribution in [2.24, 2.45) is 0 Å². The average molecular weight is 456 g/mol. The highest BCUT2D eigenvalue weighted by atomic mass is 32.2. The summed E-state index contributed by atoms with van der Waals surface area (Å²) in [4.78, 5) is 0.880. The smallest absolute Gasteiger partial charge is 0.411 e. The molecule has 3 rings (SSSR count). The molecule has 2 heterocycles.